The largest absolute Gasteiger partial charge is 0.378 e. The van der Waals surface area contributed by atoms with Gasteiger partial charge in [-0.2, -0.15) is 0 Å². The summed E-state index contributed by atoms with van der Waals surface area (Å²) in [4.78, 5) is 8.14. The summed E-state index contributed by atoms with van der Waals surface area (Å²) in [6.07, 6.45) is 1.54. The molecule has 0 unspecified atom stereocenters. The van der Waals surface area contributed by atoms with Crippen molar-refractivity contribution in [3.63, 3.8) is 0 Å². The highest BCUT2D eigenvalue weighted by atomic mass is 16.5. The summed E-state index contributed by atoms with van der Waals surface area (Å²) in [5.74, 6) is 0.844. The van der Waals surface area contributed by atoms with Gasteiger partial charge in [-0.05, 0) is 13.8 Å². The van der Waals surface area contributed by atoms with Crippen LogP contribution in [-0.2, 0) is 11.3 Å². The molecule has 0 aromatic carbocycles. The minimum Gasteiger partial charge on any atom is -0.378 e. The lowest BCUT2D eigenvalue weighted by Gasteiger charge is -2.08. The number of nitrogens with one attached hydrogen (secondary N) is 1. The van der Waals surface area contributed by atoms with E-state index in [-0.39, 0.29) is 0 Å². The van der Waals surface area contributed by atoms with Gasteiger partial charge in [0.2, 0.25) is 0 Å². The molecule has 0 spiro atoms. The Bertz CT molecular complexity index is 263. The molecule has 0 atom stereocenters. The number of ether oxygens (including phenoxy) is 1. The van der Waals surface area contributed by atoms with E-state index < -0.39 is 0 Å². The third-order valence-electron chi connectivity index (χ3n) is 1.45. The van der Waals surface area contributed by atoms with Crippen LogP contribution in [0.4, 0.5) is 5.82 Å². The average Bonchev–Trinajstić information content (AvgIpc) is 2.04. The lowest BCUT2D eigenvalue weighted by Crippen LogP contribution is -2.11. The smallest absolute Gasteiger partial charge is 0.129 e. The Morgan fingerprint density at radius 1 is 1.46 bits per heavy atom. The minimum atomic E-state index is 0.380. The van der Waals surface area contributed by atoms with E-state index in [1.165, 1.54) is 0 Å². The third kappa shape index (κ3) is 3.38. The molecule has 1 aromatic rings. The molecule has 1 aromatic heterocycles. The van der Waals surface area contributed by atoms with Crippen molar-refractivity contribution >= 4 is 5.82 Å². The molecule has 4 heteroatoms. The molecule has 72 valence electrons. The second kappa shape index (κ2) is 4.77. The predicted octanol–water partition coefficient (Wildman–Crippen LogP) is 1.44. The van der Waals surface area contributed by atoms with E-state index in [9.17, 15) is 0 Å². The highest BCUT2D eigenvalue weighted by molar-refractivity contribution is 5.35. The van der Waals surface area contributed by atoms with E-state index in [0.717, 1.165) is 11.5 Å². The maximum absolute atomic E-state index is 4.97. The molecule has 0 aliphatic carbocycles. The number of hydrogen-bond donors (Lipinski definition) is 1. The lowest BCUT2D eigenvalue weighted by molar-refractivity contribution is 0.181. The van der Waals surface area contributed by atoms with Gasteiger partial charge in [-0.1, -0.05) is 0 Å². The van der Waals surface area contributed by atoms with Gasteiger partial charge >= 0.3 is 0 Å². The van der Waals surface area contributed by atoms with E-state index in [1.54, 1.807) is 13.4 Å². The van der Waals surface area contributed by atoms with E-state index in [0.29, 0.717) is 12.6 Å². The van der Waals surface area contributed by atoms with Gasteiger partial charge in [0.15, 0.2) is 0 Å². The van der Waals surface area contributed by atoms with E-state index >= 15 is 0 Å². The van der Waals surface area contributed by atoms with Crippen molar-refractivity contribution < 1.29 is 4.74 Å². The Morgan fingerprint density at radius 3 is 2.85 bits per heavy atom. The first-order chi connectivity index (χ1) is 6.22. The zero-order valence-corrected chi connectivity index (χ0v) is 8.24. The first-order valence-electron chi connectivity index (χ1n) is 4.28. The van der Waals surface area contributed by atoms with Crippen molar-refractivity contribution in [2.75, 3.05) is 12.4 Å². The fourth-order valence-electron chi connectivity index (χ4n) is 0.999. The Balaban J connectivity index is 2.67. The lowest BCUT2D eigenvalue weighted by atomic mass is 10.3. The Kier molecular flexibility index (Phi) is 3.64. The van der Waals surface area contributed by atoms with Crippen molar-refractivity contribution in [2.24, 2.45) is 0 Å². The average molecular weight is 181 g/mol. The van der Waals surface area contributed by atoms with E-state index in [2.05, 4.69) is 29.1 Å². The predicted molar refractivity (Wildman–Crippen MR) is 51.5 cm³/mol. The molecule has 0 saturated heterocycles. The monoisotopic (exact) mass is 181 g/mol. The maximum atomic E-state index is 4.97. The molecule has 0 saturated carbocycles. The molecule has 0 bridgehead atoms. The van der Waals surface area contributed by atoms with Gasteiger partial charge in [-0.3, -0.25) is 0 Å². The van der Waals surface area contributed by atoms with Gasteiger partial charge in [0.1, 0.15) is 12.1 Å². The number of anilines is 1. The van der Waals surface area contributed by atoms with Crippen LogP contribution in [0.15, 0.2) is 12.4 Å². The standard InChI is InChI=1S/C9H15N3O/c1-7(2)12-9-4-8(5-13-3)10-6-11-9/h4,6-7H,5H2,1-3H3,(H,10,11,12). The van der Waals surface area contributed by atoms with Gasteiger partial charge in [0, 0.05) is 19.2 Å². The summed E-state index contributed by atoms with van der Waals surface area (Å²) in [5.41, 5.74) is 0.889. The molecular weight excluding hydrogens is 166 g/mol. The fraction of sp³-hybridized carbons (Fsp3) is 0.556. The molecule has 0 amide bonds. The van der Waals surface area contributed by atoms with Crippen LogP contribution in [0.1, 0.15) is 19.5 Å². The fourth-order valence-corrected chi connectivity index (χ4v) is 0.999. The van der Waals surface area contributed by atoms with Crippen molar-refractivity contribution in [3.05, 3.63) is 18.1 Å². The van der Waals surface area contributed by atoms with E-state index in [4.69, 9.17) is 4.74 Å². The van der Waals surface area contributed by atoms with Crippen LogP contribution in [-0.4, -0.2) is 23.1 Å². The minimum absolute atomic E-state index is 0.380. The van der Waals surface area contributed by atoms with Crippen molar-refractivity contribution in [3.8, 4) is 0 Å². The number of nitrogens with zero attached hydrogens (tertiary/aromatic N) is 2. The molecule has 4 nitrogen and oxygen atoms in total. The Morgan fingerprint density at radius 2 is 2.23 bits per heavy atom. The normalized spacial score (nSPS) is 10.5. The molecule has 0 radical (unpaired) electrons. The van der Waals surface area contributed by atoms with Crippen LogP contribution in [0.2, 0.25) is 0 Å². The van der Waals surface area contributed by atoms with Crippen LogP contribution < -0.4 is 5.32 Å². The highest BCUT2D eigenvalue weighted by Gasteiger charge is 1.99. The van der Waals surface area contributed by atoms with Crippen molar-refractivity contribution in [1.29, 1.82) is 0 Å². The van der Waals surface area contributed by atoms with Crippen LogP contribution >= 0.6 is 0 Å². The topological polar surface area (TPSA) is 47.0 Å². The second-order valence-electron chi connectivity index (χ2n) is 3.13. The molecular formula is C9H15N3O. The molecule has 1 heterocycles. The molecule has 1 N–H and O–H groups in total. The van der Waals surface area contributed by atoms with Crippen molar-refractivity contribution in [1.82, 2.24) is 9.97 Å². The number of rotatable bonds is 4. The first kappa shape index (κ1) is 9.92. The Hall–Kier alpha value is -1.16. The number of aromatic nitrogens is 2. The zero-order chi connectivity index (χ0) is 9.68. The quantitative estimate of drug-likeness (QED) is 0.763. The SMILES string of the molecule is COCc1cc(NC(C)C)ncn1. The van der Waals surface area contributed by atoms with Crippen LogP contribution in [0, 0.1) is 0 Å². The first-order valence-corrected chi connectivity index (χ1v) is 4.28. The molecule has 0 fully saturated rings. The highest BCUT2D eigenvalue weighted by Crippen LogP contribution is 2.05. The van der Waals surface area contributed by atoms with Crippen molar-refractivity contribution in [2.45, 2.75) is 26.5 Å². The summed E-state index contributed by atoms with van der Waals surface area (Å²) in [6.45, 7) is 4.66. The summed E-state index contributed by atoms with van der Waals surface area (Å²) >= 11 is 0. The van der Waals surface area contributed by atoms with Crippen LogP contribution in [0.3, 0.4) is 0 Å². The van der Waals surface area contributed by atoms with Gasteiger partial charge < -0.3 is 10.1 Å². The summed E-state index contributed by atoms with van der Waals surface area (Å²) in [5, 5.41) is 3.20. The Labute approximate surface area is 78.4 Å². The van der Waals surface area contributed by atoms with Gasteiger partial charge in [-0.25, -0.2) is 9.97 Å². The molecule has 1 rings (SSSR count). The van der Waals surface area contributed by atoms with Gasteiger partial charge in [0.25, 0.3) is 0 Å². The molecule has 0 aliphatic heterocycles. The summed E-state index contributed by atoms with van der Waals surface area (Å²) in [7, 11) is 1.65. The number of hydrogen-bond acceptors (Lipinski definition) is 4. The summed E-state index contributed by atoms with van der Waals surface area (Å²) in [6, 6.07) is 2.27. The molecule has 13 heavy (non-hydrogen) atoms. The van der Waals surface area contributed by atoms with Crippen LogP contribution in [0.5, 0.6) is 0 Å². The number of methoxy groups -OCH3 is 1. The summed E-state index contributed by atoms with van der Waals surface area (Å²) < 4.78 is 4.97. The zero-order valence-electron chi connectivity index (χ0n) is 8.24. The van der Waals surface area contributed by atoms with Crippen LogP contribution in [0.25, 0.3) is 0 Å². The van der Waals surface area contributed by atoms with E-state index in [1.807, 2.05) is 6.07 Å². The second-order valence-corrected chi connectivity index (χ2v) is 3.13. The van der Waals surface area contributed by atoms with Gasteiger partial charge in [0.05, 0.1) is 12.3 Å². The van der Waals surface area contributed by atoms with Gasteiger partial charge in [-0.15, -0.1) is 0 Å². The third-order valence-corrected chi connectivity index (χ3v) is 1.45. The molecule has 0 aliphatic rings. The maximum Gasteiger partial charge on any atom is 0.129 e.